The molecular formula is C12H20N2OS. The third kappa shape index (κ3) is 2.89. The van der Waals surface area contributed by atoms with Gasteiger partial charge < -0.3 is 9.72 Å². The number of aryl methyl sites for hydroxylation is 1. The maximum Gasteiger partial charge on any atom is 0.137 e. The Kier molecular flexibility index (Phi) is 5.09. The van der Waals surface area contributed by atoms with Gasteiger partial charge in [0.1, 0.15) is 16.6 Å². The number of nitrogens with one attached hydrogen (secondary N) is 1. The largest absolute Gasteiger partial charge is 0.371 e. The van der Waals surface area contributed by atoms with Gasteiger partial charge in [0.05, 0.1) is 0 Å². The van der Waals surface area contributed by atoms with Gasteiger partial charge in [-0.1, -0.05) is 26.1 Å². The molecule has 1 aromatic rings. The highest BCUT2D eigenvalue weighted by molar-refractivity contribution is 7.71. The van der Waals surface area contributed by atoms with Crippen LogP contribution in [-0.4, -0.2) is 16.6 Å². The second-order valence-electron chi connectivity index (χ2n) is 3.74. The van der Waals surface area contributed by atoms with Gasteiger partial charge in [-0.3, -0.25) is 0 Å². The summed E-state index contributed by atoms with van der Waals surface area (Å²) < 4.78 is 6.32. The zero-order valence-electron chi connectivity index (χ0n) is 10.5. The van der Waals surface area contributed by atoms with E-state index in [0.717, 1.165) is 29.9 Å². The molecule has 0 fully saturated rings. The number of hydrogen-bond acceptors (Lipinski definition) is 3. The summed E-state index contributed by atoms with van der Waals surface area (Å²) in [6, 6.07) is 0. The first-order valence-electron chi connectivity index (χ1n) is 5.85. The van der Waals surface area contributed by atoms with Gasteiger partial charge in [-0.25, -0.2) is 4.98 Å². The van der Waals surface area contributed by atoms with Gasteiger partial charge in [0, 0.05) is 17.9 Å². The molecule has 0 saturated heterocycles. The molecular weight excluding hydrogens is 220 g/mol. The molecule has 0 bridgehead atoms. The SMILES string of the molecule is CCOC(CC)c1nc(=S)c(C)c(CC)[nH]1. The van der Waals surface area contributed by atoms with E-state index in [1.165, 1.54) is 0 Å². The Balaban J connectivity index is 3.14. The lowest BCUT2D eigenvalue weighted by molar-refractivity contribution is 0.0532. The second-order valence-corrected chi connectivity index (χ2v) is 4.12. The van der Waals surface area contributed by atoms with Gasteiger partial charge in [-0.15, -0.1) is 0 Å². The molecule has 1 N–H and O–H groups in total. The number of H-pyrrole nitrogens is 1. The summed E-state index contributed by atoms with van der Waals surface area (Å²) in [5.41, 5.74) is 2.24. The fourth-order valence-corrected chi connectivity index (χ4v) is 1.92. The van der Waals surface area contributed by atoms with Gasteiger partial charge in [0.25, 0.3) is 0 Å². The Hall–Kier alpha value is -0.740. The van der Waals surface area contributed by atoms with Gasteiger partial charge in [-0.05, 0) is 26.7 Å². The van der Waals surface area contributed by atoms with Crippen molar-refractivity contribution in [3.05, 3.63) is 21.7 Å². The van der Waals surface area contributed by atoms with Crippen LogP contribution in [0, 0.1) is 11.6 Å². The van der Waals surface area contributed by atoms with Crippen molar-refractivity contribution in [3.8, 4) is 0 Å². The van der Waals surface area contributed by atoms with E-state index < -0.39 is 0 Å². The Morgan fingerprint density at radius 3 is 2.56 bits per heavy atom. The van der Waals surface area contributed by atoms with E-state index in [2.05, 4.69) is 23.8 Å². The van der Waals surface area contributed by atoms with Gasteiger partial charge in [0.15, 0.2) is 0 Å². The Morgan fingerprint density at radius 2 is 2.06 bits per heavy atom. The summed E-state index contributed by atoms with van der Waals surface area (Å²) in [7, 11) is 0. The Bertz CT molecular complexity index is 400. The smallest absolute Gasteiger partial charge is 0.137 e. The zero-order valence-corrected chi connectivity index (χ0v) is 11.3. The molecule has 0 radical (unpaired) electrons. The standard InChI is InChI=1S/C12H20N2OS/c1-5-9-8(4)12(16)14-11(13-9)10(6-2)15-7-3/h10H,5-7H2,1-4H3,(H,13,14,16). The molecule has 16 heavy (non-hydrogen) atoms. The van der Waals surface area contributed by atoms with Crippen molar-refractivity contribution < 1.29 is 4.74 Å². The van der Waals surface area contributed by atoms with Crippen LogP contribution in [0.2, 0.25) is 0 Å². The van der Waals surface area contributed by atoms with Crippen molar-refractivity contribution in [1.29, 1.82) is 0 Å². The van der Waals surface area contributed by atoms with E-state index in [4.69, 9.17) is 17.0 Å². The summed E-state index contributed by atoms with van der Waals surface area (Å²) in [4.78, 5) is 7.74. The molecule has 0 spiro atoms. The average molecular weight is 240 g/mol. The van der Waals surface area contributed by atoms with Crippen molar-refractivity contribution in [2.45, 2.75) is 46.6 Å². The molecule has 1 heterocycles. The quantitative estimate of drug-likeness (QED) is 0.800. The number of aromatic amines is 1. The normalized spacial score (nSPS) is 12.8. The molecule has 1 aromatic heterocycles. The molecule has 1 unspecified atom stereocenters. The van der Waals surface area contributed by atoms with Crippen molar-refractivity contribution in [2.75, 3.05) is 6.61 Å². The highest BCUT2D eigenvalue weighted by Crippen LogP contribution is 2.19. The number of aromatic nitrogens is 2. The summed E-state index contributed by atoms with van der Waals surface area (Å²) in [5, 5.41) is 0. The predicted octanol–water partition coefficient (Wildman–Crippen LogP) is 3.50. The molecule has 0 amide bonds. The van der Waals surface area contributed by atoms with Gasteiger partial charge >= 0.3 is 0 Å². The highest BCUT2D eigenvalue weighted by atomic mass is 32.1. The lowest BCUT2D eigenvalue weighted by atomic mass is 10.2. The minimum atomic E-state index is 0.0256. The van der Waals surface area contributed by atoms with Crippen LogP contribution < -0.4 is 0 Å². The number of hydrogen-bond donors (Lipinski definition) is 1. The minimum absolute atomic E-state index is 0.0256. The third-order valence-corrected chi connectivity index (χ3v) is 3.07. The van der Waals surface area contributed by atoms with Crippen LogP contribution in [0.5, 0.6) is 0 Å². The van der Waals surface area contributed by atoms with Crippen molar-refractivity contribution in [2.24, 2.45) is 0 Å². The average Bonchev–Trinajstić information content (AvgIpc) is 2.29. The van der Waals surface area contributed by atoms with Crippen LogP contribution >= 0.6 is 12.2 Å². The van der Waals surface area contributed by atoms with Gasteiger partial charge in [-0.2, -0.15) is 0 Å². The summed E-state index contributed by atoms with van der Waals surface area (Å²) in [6.45, 7) is 8.89. The summed E-state index contributed by atoms with van der Waals surface area (Å²) in [5.74, 6) is 0.858. The lowest BCUT2D eigenvalue weighted by Crippen LogP contribution is -2.10. The second kappa shape index (κ2) is 6.11. The highest BCUT2D eigenvalue weighted by Gasteiger charge is 2.13. The van der Waals surface area contributed by atoms with Crippen LogP contribution in [0.15, 0.2) is 0 Å². The monoisotopic (exact) mass is 240 g/mol. The molecule has 0 aliphatic carbocycles. The van der Waals surface area contributed by atoms with E-state index in [0.29, 0.717) is 11.2 Å². The van der Waals surface area contributed by atoms with E-state index in [1.807, 2.05) is 13.8 Å². The molecule has 1 atom stereocenters. The van der Waals surface area contributed by atoms with Crippen molar-refractivity contribution >= 4 is 12.2 Å². The first-order valence-corrected chi connectivity index (χ1v) is 6.26. The summed E-state index contributed by atoms with van der Waals surface area (Å²) in [6.07, 6.45) is 1.86. The minimum Gasteiger partial charge on any atom is -0.371 e. The molecule has 4 heteroatoms. The van der Waals surface area contributed by atoms with E-state index in [9.17, 15) is 0 Å². The molecule has 1 rings (SSSR count). The third-order valence-electron chi connectivity index (χ3n) is 2.67. The lowest BCUT2D eigenvalue weighted by Gasteiger charge is -2.16. The van der Waals surface area contributed by atoms with E-state index >= 15 is 0 Å². The van der Waals surface area contributed by atoms with Crippen molar-refractivity contribution in [3.63, 3.8) is 0 Å². The fourth-order valence-electron chi connectivity index (χ4n) is 1.70. The molecule has 3 nitrogen and oxygen atoms in total. The maximum absolute atomic E-state index is 5.63. The van der Waals surface area contributed by atoms with Crippen LogP contribution in [0.3, 0.4) is 0 Å². The molecule has 90 valence electrons. The summed E-state index contributed by atoms with van der Waals surface area (Å²) >= 11 is 5.26. The maximum atomic E-state index is 5.63. The van der Waals surface area contributed by atoms with Crippen LogP contribution in [0.1, 0.15) is 50.4 Å². The topological polar surface area (TPSA) is 37.9 Å². The van der Waals surface area contributed by atoms with Crippen LogP contribution in [0.4, 0.5) is 0 Å². The molecule has 0 aliphatic heterocycles. The predicted molar refractivity (Wildman–Crippen MR) is 68.2 cm³/mol. The first kappa shape index (κ1) is 13.3. The zero-order chi connectivity index (χ0) is 12.1. The number of rotatable bonds is 5. The molecule has 0 saturated carbocycles. The van der Waals surface area contributed by atoms with Crippen LogP contribution in [0.25, 0.3) is 0 Å². The Morgan fingerprint density at radius 1 is 1.38 bits per heavy atom. The number of ether oxygens (including phenoxy) is 1. The molecule has 0 aromatic carbocycles. The van der Waals surface area contributed by atoms with E-state index in [1.54, 1.807) is 0 Å². The Labute approximate surface area is 102 Å². The fraction of sp³-hybridized carbons (Fsp3) is 0.667. The number of nitrogens with zero attached hydrogens (tertiary/aromatic N) is 1. The van der Waals surface area contributed by atoms with E-state index in [-0.39, 0.29) is 6.10 Å². The van der Waals surface area contributed by atoms with Gasteiger partial charge in [0.2, 0.25) is 0 Å². The van der Waals surface area contributed by atoms with Crippen LogP contribution in [-0.2, 0) is 11.2 Å². The molecule has 0 aliphatic rings. The first-order chi connectivity index (χ1) is 7.63. The van der Waals surface area contributed by atoms with Crippen molar-refractivity contribution in [1.82, 2.24) is 9.97 Å².